The second-order valence-electron chi connectivity index (χ2n) is 6.64. The Morgan fingerprint density at radius 3 is 2.59 bits per heavy atom. The first-order valence-electron chi connectivity index (χ1n) is 8.92. The van der Waals surface area contributed by atoms with Crippen LogP contribution in [0.5, 0.6) is 0 Å². The Labute approximate surface area is 164 Å². The molecule has 0 bridgehead atoms. The molecule has 1 aromatic heterocycles. The molecule has 0 saturated heterocycles. The maximum atomic E-state index is 12.4. The number of nitrogens with one attached hydrogen (secondary N) is 1. The number of rotatable bonds is 6. The van der Waals surface area contributed by atoms with E-state index in [2.05, 4.69) is 47.6 Å². The van der Waals surface area contributed by atoms with E-state index in [4.69, 9.17) is 0 Å². The third-order valence-electron chi connectivity index (χ3n) is 4.41. The molecule has 3 aromatic rings. The number of amides is 1. The number of carbonyl (C=O) groups is 1. The zero-order valence-electron chi connectivity index (χ0n) is 16.1. The molecule has 1 N–H and O–H groups in total. The molecule has 5 nitrogen and oxygen atoms in total. The number of thioether (sulfide) groups is 1. The van der Waals surface area contributed by atoms with Crippen LogP contribution in [-0.4, -0.2) is 26.4 Å². The molecule has 6 heteroatoms. The van der Waals surface area contributed by atoms with Gasteiger partial charge in [-0.3, -0.25) is 9.36 Å². The van der Waals surface area contributed by atoms with Gasteiger partial charge in [-0.05, 0) is 50.5 Å². The first-order valence-corrected chi connectivity index (χ1v) is 9.91. The molecule has 140 valence electrons. The van der Waals surface area contributed by atoms with Crippen molar-refractivity contribution in [1.82, 2.24) is 20.1 Å². The van der Waals surface area contributed by atoms with E-state index in [1.807, 2.05) is 48.7 Å². The van der Waals surface area contributed by atoms with Crippen molar-refractivity contribution in [2.45, 2.75) is 38.9 Å². The summed E-state index contributed by atoms with van der Waals surface area (Å²) >= 11 is 1.40. The van der Waals surface area contributed by atoms with Gasteiger partial charge in [0, 0.05) is 0 Å². The van der Waals surface area contributed by atoms with Crippen molar-refractivity contribution >= 4 is 17.7 Å². The van der Waals surface area contributed by atoms with Crippen LogP contribution in [0, 0.1) is 20.8 Å². The molecule has 0 fully saturated rings. The summed E-state index contributed by atoms with van der Waals surface area (Å²) in [6.07, 6.45) is 0. The van der Waals surface area contributed by atoms with Crippen LogP contribution < -0.4 is 5.32 Å². The van der Waals surface area contributed by atoms with E-state index in [-0.39, 0.29) is 11.9 Å². The lowest BCUT2D eigenvalue weighted by Gasteiger charge is -2.15. The summed E-state index contributed by atoms with van der Waals surface area (Å²) in [6.45, 7) is 8.04. The highest BCUT2D eigenvalue weighted by Crippen LogP contribution is 2.25. The summed E-state index contributed by atoms with van der Waals surface area (Å²) in [5, 5.41) is 12.2. The molecule has 27 heavy (non-hydrogen) atoms. The first-order chi connectivity index (χ1) is 13.0. The van der Waals surface area contributed by atoms with Crippen molar-refractivity contribution in [2.75, 3.05) is 5.75 Å². The van der Waals surface area contributed by atoms with Crippen molar-refractivity contribution in [3.63, 3.8) is 0 Å². The molecule has 0 spiro atoms. The van der Waals surface area contributed by atoms with Crippen LogP contribution in [0.15, 0.2) is 53.7 Å². The summed E-state index contributed by atoms with van der Waals surface area (Å²) in [7, 11) is 0. The number of benzene rings is 2. The fraction of sp³-hybridized carbons (Fsp3) is 0.286. The van der Waals surface area contributed by atoms with E-state index in [9.17, 15) is 4.79 Å². The molecule has 1 heterocycles. The van der Waals surface area contributed by atoms with Gasteiger partial charge in [-0.1, -0.05) is 54.2 Å². The summed E-state index contributed by atoms with van der Waals surface area (Å²) in [5.41, 5.74) is 4.46. The van der Waals surface area contributed by atoms with Crippen LogP contribution in [0.2, 0.25) is 0 Å². The van der Waals surface area contributed by atoms with E-state index < -0.39 is 0 Å². The predicted octanol–water partition coefficient (Wildman–Crippen LogP) is 4.16. The smallest absolute Gasteiger partial charge is 0.230 e. The van der Waals surface area contributed by atoms with Crippen LogP contribution in [0.4, 0.5) is 0 Å². The lowest BCUT2D eigenvalue weighted by Crippen LogP contribution is -2.28. The number of aromatic nitrogens is 3. The molecular formula is C21H24N4OS. The Hall–Kier alpha value is -2.60. The van der Waals surface area contributed by atoms with Gasteiger partial charge in [-0.15, -0.1) is 10.2 Å². The number of carbonyl (C=O) groups excluding carboxylic acids is 1. The Kier molecular flexibility index (Phi) is 5.96. The van der Waals surface area contributed by atoms with Gasteiger partial charge in [0.25, 0.3) is 0 Å². The van der Waals surface area contributed by atoms with E-state index in [0.29, 0.717) is 5.75 Å². The van der Waals surface area contributed by atoms with Gasteiger partial charge in [0.1, 0.15) is 5.82 Å². The van der Waals surface area contributed by atoms with E-state index >= 15 is 0 Å². The van der Waals surface area contributed by atoms with Crippen LogP contribution in [0.1, 0.15) is 35.5 Å². The van der Waals surface area contributed by atoms with Crippen LogP contribution in [-0.2, 0) is 4.79 Å². The minimum absolute atomic E-state index is 0.0236. The van der Waals surface area contributed by atoms with Crippen LogP contribution in [0.3, 0.4) is 0 Å². The van der Waals surface area contributed by atoms with Crippen molar-refractivity contribution in [2.24, 2.45) is 0 Å². The van der Waals surface area contributed by atoms with E-state index in [0.717, 1.165) is 27.8 Å². The van der Waals surface area contributed by atoms with Crippen molar-refractivity contribution in [3.8, 4) is 5.69 Å². The highest BCUT2D eigenvalue weighted by Gasteiger charge is 2.16. The summed E-state index contributed by atoms with van der Waals surface area (Å²) < 4.78 is 2.01. The maximum Gasteiger partial charge on any atom is 0.230 e. The third-order valence-corrected chi connectivity index (χ3v) is 5.34. The highest BCUT2D eigenvalue weighted by molar-refractivity contribution is 7.99. The number of hydrogen-bond acceptors (Lipinski definition) is 4. The molecule has 2 aromatic carbocycles. The minimum atomic E-state index is -0.0297. The second kappa shape index (κ2) is 8.39. The lowest BCUT2D eigenvalue weighted by molar-refractivity contribution is -0.119. The molecule has 0 radical (unpaired) electrons. The zero-order valence-corrected chi connectivity index (χ0v) is 16.9. The maximum absolute atomic E-state index is 12.4. The Morgan fingerprint density at radius 2 is 1.85 bits per heavy atom. The topological polar surface area (TPSA) is 59.8 Å². The van der Waals surface area contributed by atoms with E-state index in [1.165, 1.54) is 17.3 Å². The summed E-state index contributed by atoms with van der Waals surface area (Å²) in [4.78, 5) is 12.4. The summed E-state index contributed by atoms with van der Waals surface area (Å²) in [6, 6.07) is 16.2. The number of hydrogen-bond donors (Lipinski definition) is 1. The summed E-state index contributed by atoms with van der Waals surface area (Å²) in [5.74, 6) is 1.08. The Balaban J connectivity index is 1.70. The van der Waals surface area contributed by atoms with Crippen LogP contribution in [0.25, 0.3) is 5.69 Å². The fourth-order valence-corrected chi connectivity index (χ4v) is 3.71. The van der Waals surface area contributed by atoms with Gasteiger partial charge in [-0.2, -0.15) is 0 Å². The normalized spacial score (nSPS) is 12.0. The SMILES string of the molecule is Cc1ccc(C)c(-n2c(C)nnc2SCC(=O)NC(C)c2ccccc2)c1. The molecule has 3 rings (SSSR count). The predicted molar refractivity (Wildman–Crippen MR) is 109 cm³/mol. The second-order valence-corrected chi connectivity index (χ2v) is 7.59. The molecule has 0 aliphatic rings. The molecule has 1 atom stereocenters. The quantitative estimate of drug-likeness (QED) is 0.652. The number of nitrogens with zero attached hydrogens (tertiary/aromatic N) is 3. The largest absolute Gasteiger partial charge is 0.349 e. The van der Waals surface area contributed by atoms with Gasteiger partial charge in [0.2, 0.25) is 5.91 Å². The van der Waals surface area contributed by atoms with Crippen LogP contribution >= 0.6 is 11.8 Å². The Morgan fingerprint density at radius 1 is 1.11 bits per heavy atom. The monoisotopic (exact) mass is 380 g/mol. The molecule has 1 amide bonds. The third kappa shape index (κ3) is 4.57. The standard InChI is InChI=1S/C21H24N4OS/c1-14-10-11-15(2)19(12-14)25-17(4)23-24-21(25)27-13-20(26)22-16(3)18-8-6-5-7-9-18/h5-12,16H,13H2,1-4H3,(H,22,26). The Bertz CT molecular complexity index is 937. The van der Waals surface area contributed by atoms with Gasteiger partial charge >= 0.3 is 0 Å². The average molecular weight is 381 g/mol. The number of aryl methyl sites for hydroxylation is 3. The van der Waals surface area contributed by atoms with Gasteiger partial charge < -0.3 is 5.32 Å². The van der Waals surface area contributed by atoms with Crippen molar-refractivity contribution in [1.29, 1.82) is 0 Å². The molecule has 0 aliphatic carbocycles. The first kappa shape index (κ1) is 19.2. The fourth-order valence-electron chi connectivity index (χ4n) is 2.91. The molecule has 0 saturated carbocycles. The van der Waals surface area contributed by atoms with Gasteiger partial charge in [0.15, 0.2) is 5.16 Å². The highest BCUT2D eigenvalue weighted by atomic mass is 32.2. The molecular weight excluding hydrogens is 356 g/mol. The van der Waals surface area contributed by atoms with E-state index in [1.54, 1.807) is 0 Å². The molecule has 1 unspecified atom stereocenters. The van der Waals surface area contributed by atoms with Crippen molar-refractivity contribution < 1.29 is 4.79 Å². The van der Waals surface area contributed by atoms with Gasteiger partial charge in [0.05, 0.1) is 17.5 Å². The molecule has 0 aliphatic heterocycles. The van der Waals surface area contributed by atoms with Gasteiger partial charge in [-0.25, -0.2) is 0 Å². The average Bonchev–Trinajstić information content (AvgIpc) is 3.03. The van der Waals surface area contributed by atoms with Crippen molar-refractivity contribution in [3.05, 3.63) is 71.0 Å². The minimum Gasteiger partial charge on any atom is -0.349 e. The lowest BCUT2D eigenvalue weighted by atomic mass is 10.1. The zero-order chi connectivity index (χ0) is 19.4.